The molecule has 1 aromatic heterocycles. The number of nitrogens with zero attached hydrogens (tertiary/aromatic N) is 3. The number of hydrogen-bond acceptors (Lipinski definition) is 5. The number of para-hydroxylation sites is 1. The van der Waals surface area contributed by atoms with Gasteiger partial charge in [-0.1, -0.05) is 31.0 Å². The number of aromatic nitrogens is 1. The lowest BCUT2D eigenvalue weighted by Gasteiger charge is -2.23. The predicted molar refractivity (Wildman–Crippen MR) is 120 cm³/mol. The average molecular weight is 423 g/mol. The molecule has 1 aliphatic heterocycles. The molecule has 4 rings (SSSR count). The van der Waals surface area contributed by atoms with Crippen molar-refractivity contribution in [3.05, 3.63) is 48.7 Å². The van der Waals surface area contributed by atoms with E-state index in [1.54, 1.807) is 6.20 Å². The van der Waals surface area contributed by atoms with Crippen LogP contribution in [0.4, 0.5) is 11.5 Å². The molecule has 7 heteroatoms. The second kappa shape index (κ2) is 10.3. The molecule has 7 nitrogen and oxygen atoms in total. The first-order chi connectivity index (χ1) is 15.2. The highest BCUT2D eigenvalue weighted by Gasteiger charge is 2.23. The van der Waals surface area contributed by atoms with Crippen molar-refractivity contribution in [2.45, 2.75) is 32.1 Å². The molecule has 0 unspecified atom stereocenters. The molecule has 1 aliphatic carbocycles. The summed E-state index contributed by atoms with van der Waals surface area (Å²) in [6.45, 7) is 2.96. The highest BCUT2D eigenvalue weighted by molar-refractivity contribution is 5.92. The Bertz CT molecular complexity index is 866. The summed E-state index contributed by atoms with van der Waals surface area (Å²) in [6, 6.07) is 13.3. The second-order valence-corrected chi connectivity index (χ2v) is 8.20. The van der Waals surface area contributed by atoms with Crippen LogP contribution in [0.5, 0.6) is 5.75 Å². The lowest BCUT2D eigenvalue weighted by Crippen LogP contribution is -2.38. The van der Waals surface area contributed by atoms with Crippen LogP contribution in [0.3, 0.4) is 0 Å². The number of ether oxygens (including phenoxy) is 1. The quantitative estimate of drug-likeness (QED) is 0.773. The van der Waals surface area contributed by atoms with Gasteiger partial charge in [-0.3, -0.25) is 9.59 Å². The summed E-state index contributed by atoms with van der Waals surface area (Å²) in [7, 11) is 0. The first-order valence-electron chi connectivity index (χ1n) is 11.2. The number of amides is 2. The molecule has 2 amide bonds. The minimum Gasteiger partial charge on any atom is -0.484 e. The summed E-state index contributed by atoms with van der Waals surface area (Å²) in [5, 5.41) is 2.99. The van der Waals surface area contributed by atoms with Crippen LogP contribution in [0.15, 0.2) is 48.7 Å². The van der Waals surface area contributed by atoms with Crippen LogP contribution in [0.2, 0.25) is 0 Å². The Balaban J connectivity index is 1.27. The number of rotatable bonds is 6. The van der Waals surface area contributed by atoms with E-state index in [0.29, 0.717) is 18.8 Å². The molecular weight excluding hydrogens is 392 g/mol. The molecule has 1 saturated heterocycles. The van der Waals surface area contributed by atoms with Crippen molar-refractivity contribution in [3.63, 3.8) is 0 Å². The van der Waals surface area contributed by atoms with Gasteiger partial charge < -0.3 is 19.9 Å². The summed E-state index contributed by atoms with van der Waals surface area (Å²) in [4.78, 5) is 33.4. The molecule has 0 spiro atoms. The van der Waals surface area contributed by atoms with E-state index in [-0.39, 0.29) is 24.3 Å². The van der Waals surface area contributed by atoms with Gasteiger partial charge in [0.1, 0.15) is 11.6 Å². The van der Waals surface area contributed by atoms with E-state index >= 15 is 0 Å². The standard InChI is InChI=1S/C24H30N4O3/c29-23(18-31-21-9-2-1-3-10-21)28-14-6-13-27(15-16-28)22-12-11-20(17-25-22)26-24(30)19-7-4-5-8-19/h1-3,9-12,17,19H,4-8,13-16,18H2,(H,26,30). The van der Waals surface area contributed by atoms with Crippen LogP contribution >= 0.6 is 0 Å². The van der Waals surface area contributed by atoms with E-state index in [1.165, 1.54) is 0 Å². The molecule has 1 aromatic carbocycles. The van der Waals surface area contributed by atoms with Gasteiger partial charge in [-0.2, -0.15) is 0 Å². The van der Waals surface area contributed by atoms with Gasteiger partial charge >= 0.3 is 0 Å². The summed E-state index contributed by atoms with van der Waals surface area (Å²) >= 11 is 0. The van der Waals surface area contributed by atoms with Gasteiger partial charge in [-0.25, -0.2) is 4.98 Å². The fourth-order valence-corrected chi connectivity index (χ4v) is 4.23. The number of hydrogen-bond donors (Lipinski definition) is 1. The topological polar surface area (TPSA) is 74.8 Å². The van der Waals surface area contributed by atoms with Crippen LogP contribution in [0.1, 0.15) is 32.1 Å². The number of benzene rings is 1. The van der Waals surface area contributed by atoms with Crippen molar-refractivity contribution >= 4 is 23.3 Å². The Kier molecular flexibility index (Phi) is 7.02. The van der Waals surface area contributed by atoms with Gasteiger partial charge in [0.05, 0.1) is 11.9 Å². The number of carbonyl (C=O) groups excluding carboxylic acids is 2. The van der Waals surface area contributed by atoms with Gasteiger partial charge in [0.25, 0.3) is 5.91 Å². The Morgan fingerprint density at radius 3 is 2.52 bits per heavy atom. The van der Waals surface area contributed by atoms with Crippen LogP contribution in [0.25, 0.3) is 0 Å². The van der Waals surface area contributed by atoms with Gasteiger partial charge in [-0.15, -0.1) is 0 Å². The maximum absolute atomic E-state index is 12.6. The van der Waals surface area contributed by atoms with Crippen LogP contribution in [-0.4, -0.2) is 54.5 Å². The van der Waals surface area contributed by atoms with Crippen molar-refractivity contribution in [3.8, 4) is 5.75 Å². The second-order valence-electron chi connectivity index (χ2n) is 8.20. The van der Waals surface area contributed by atoms with Gasteiger partial charge in [-0.05, 0) is 43.5 Å². The average Bonchev–Trinajstić information content (AvgIpc) is 3.24. The maximum Gasteiger partial charge on any atom is 0.260 e. The molecule has 0 atom stereocenters. The zero-order valence-electron chi connectivity index (χ0n) is 17.8. The fourth-order valence-electron chi connectivity index (χ4n) is 4.23. The largest absolute Gasteiger partial charge is 0.484 e. The molecule has 2 fully saturated rings. The number of carbonyl (C=O) groups is 2. The normalized spacial score (nSPS) is 17.3. The summed E-state index contributed by atoms with van der Waals surface area (Å²) in [5.41, 5.74) is 0.741. The number of pyridine rings is 1. The van der Waals surface area contributed by atoms with E-state index in [2.05, 4.69) is 15.2 Å². The molecule has 1 saturated carbocycles. The van der Waals surface area contributed by atoms with E-state index in [9.17, 15) is 9.59 Å². The maximum atomic E-state index is 12.6. The first kappa shape index (κ1) is 21.2. The Morgan fingerprint density at radius 2 is 1.77 bits per heavy atom. The summed E-state index contributed by atoms with van der Waals surface area (Å²) in [5.74, 6) is 1.82. The molecule has 2 aromatic rings. The summed E-state index contributed by atoms with van der Waals surface area (Å²) < 4.78 is 5.60. The smallest absolute Gasteiger partial charge is 0.260 e. The first-order valence-corrected chi connectivity index (χ1v) is 11.2. The summed E-state index contributed by atoms with van der Waals surface area (Å²) in [6.07, 6.45) is 6.85. The molecule has 164 valence electrons. The molecule has 0 bridgehead atoms. The fraction of sp³-hybridized carbons (Fsp3) is 0.458. The monoisotopic (exact) mass is 422 g/mol. The van der Waals surface area contributed by atoms with Crippen molar-refractivity contribution < 1.29 is 14.3 Å². The Labute approximate surface area is 183 Å². The Morgan fingerprint density at radius 1 is 0.968 bits per heavy atom. The zero-order valence-corrected chi connectivity index (χ0v) is 17.8. The molecule has 1 N–H and O–H groups in total. The van der Waals surface area contributed by atoms with Crippen molar-refractivity contribution in [2.75, 3.05) is 43.0 Å². The minimum absolute atomic E-state index is 0.00337. The lowest BCUT2D eigenvalue weighted by atomic mass is 10.1. The molecule has 2 heterocycles. The van der Waals surface area contributed by atoms with Gasteiger partial charge in [0, 0.05) is 32.1 Å². The van der Waals surface area contributed by atoms with Gasteiger partial charge in [0.2, 0.25) is 5.91 Å². The molecule has 0 radical (unpaired) electrons. The third-order valence-corrected chi connectivity index (χ3v) is 6.02. The van der Waals surface area contributed by atoms with E-state index in [1.807, 2.05) is 47.4 Å². The predicted octanol–water partition coefficient (Wildman–Crippen LogP) is 3.33. The number of anilines is 2. The highest BCUT2D eigenvalue weighted by atomic mass is 16.5. The highest BCUT2D eigenvalue weighted by Crippen LogP contribution is 2.26. The third-order valence-electron chi connectivity index (χ3n) is 6.02. The van der Waals surface area contributed by atoms with Crippen molar-refractivity contribution in [1.29, 1.82) is 0 Å². The van der Waals surface area contributed by atoms with Crippen molar-refractivity contribution in [2.24, 2.45) is 5.92 Å². The SMILES string of the molecule is O=C(Nc1ccc(N2CCCN(C(=O)COc3ccccc3)CC2)nc1)C1CCCC1. The van der Waals surface area contributed by atoms with Crippen LogP contribution in [-0.2, 0) is 9.59 Å². The molecule has 2 aliphatic rings. The van der Waals surface area contributed by atoms with Crippen LogP contribution < -0.4 is 15.0 Å². The zero-order chi connectivity index (χ0) is 21.5. The third kappa shape index (κ3) is 5.75. The van der Waals surface area contributed by atoms with Crippen LogP contribution in [0, 0.1) is 5.92 Å². The van der Waals surface area contributed by atoms with Crippen molar-refractivity contribution in [1.82, 2.24) is 9.88 Å². The lowest BCUT2D eigenvalue weighted by molar-refractivity contribution is -0.133. The van der Waals surface area contributed by atoms with E-state index in [0.717, 1.165) is 56.7 Å². The van der Waals surface area contributed by atoms with E-state index in [4.69, 9.17) is 4.74 Å². The Hall–Kier alpha value is -3.09. The molecular formula is C24H30N4O3. The van der Waals surface area contributed by atoms with E-state index < -0.39 is 0 Å². The van der Waals surface area contributed by atoms with Gasteiger partial charge in [0.15, 0.2) is 6.61 Å². The minimum atomic E-state index is 0.00337. The molecule has 31 heavy (non-hydrogen) atoms. The number of nitrogens with one attached hydrogen (secondary N) is 1.